The summed E-state index contributed by atoms with van der Waals surface area (Å²) in [6.45, 7) is 9.09. The van der Waals surface area contributed by atoms with Crippen LogP contribution in [0.15, 0.2) is 30.3 Å². The van der Waals surface area contributed by atoms with Crippen molar-refractivity contribution in [2.75, 3.05) is 5.73 Å². The minimum atomic E-state index is -0.655. The van der Waals surface area contributed by atoms with E-state index in [1.807, 2.05) is 46.8 Å². The molecule has 6 nitrogen and oxygen atoms in total. The molecule has 3 aromatic rings. The molecule has 138 valence electrons. The third-order valence-electron chi connectivity index (χ3n) is 4.31. The molecule has 3 rings (SSSR count). The second-order valence-electron chi connectivity index (χ2n) is 7.46. The molecular weight excluding hydrogens is 340 g/mol. The summed E-state index contributed by atoms with van der Waals surface area (Å²) in [5.41, 5.74) is 9.64. The summed E-state index contributed by atoms with van der Waals surface area (Å²) in [7, 11) is 0. The zero-order chi connectivity index (χ0) is 19.9. The maximum Gasteiger partial charge on any atom is 0.419 e. The first-order valence-corrected chi connectivity index (χ1v) is 8.65. The van der Waals surface area contributed by atoms with Crippen LogP contribution in [-0.2, 0) is 4.74 Å². The topological polar surface area (TPSA) is 93.9 Å². The Morgan fingerprint density at radius 3 is 2.52 bits per heavy atom. The average molecular weight is 362 g/mol. The molecule has 0 unspecified atom stereocenters. The second-order valence-corrected chi connectivity index (χ2v) is 7.46. The van der Waals surface area contributed by atoms with Crippen LogP contribution >= 0.6 is 0 Å². The van der Waals surface area contributed by atoms with E-state index >= 15 is 0 Å². The molecule has 0 aliphatic rings. The molecule has 27 heavy (non-hydrogen) atoms. The van der Waals surface area contributed by atoms with Crippen LogP contribution in [0.5, 0.6) is 0 Å². The molecule has 0 bridgehead atoms. The number of para-hydroxylation sites is 1. The smallest absolute Gasteiger partial charge is 0.419 e. The molecule has 2 aromatic heterocycles. The van der Waals surface area contributed by atoms with Crippen molar-refractivity contribution >= 4 is 22.7 Å². The van der Waals surface area contributed by atoms with E-state index in [1.165, 1.54) is 4.57 Å². The van der Waals surface area contributed by atoms with E-state index in [2.05, 4.69) is 11.1 Å². The van der Waals surface area contributed by atoms with Gasteiger partial charge in [0.2, 0.25) is 0 Å². The number of carbonyl (C=O) groups is 1. The van der Waals surface area contributed by atoms with Crippen molar-refractivity contribution in [2.45, 2.75) is 40.2 Å². The van der Waals surface area contributed by atoms with Gasteiger partial charge in [-0.05, 0) is 52.8 Å². The Kier molecular flexibility index (Phi) is 4.40. The highest BCUT2D eigenvalue weighted by atomic mass is 16.6. The Bertz CT molecular complexity index is 1100. The molecule has 6 heteroatoms. The lowest BCUT2D eigenvalue weighted by Gasteiger charge is -2.20. The van der Waals surface area contributed by atoms with Gasteiger partial charge in [-0.15, -0.1) is 0 Å². The van der Waals surface area contributed by atoms with E-state index in [0.717, 1.165) is 10.9 Å². The number of carbonyl (C=O) groups excluding carboxylic acids is 1. The van der Waals surface area contributed by atoms with E-state index in [4.69, 9.17) is 10.5 Å². The summed E-state index contributed by atoms with van der Waals surface area (Å²) >= 11 is 0. The first-order chi connectivity index (χ1) is 12.6. The number of nitrogen functional groups attached to an aromatic ring is 1. The molecular formula is C21H22N4O2. The lowest BCUT2D eigenvalue weighted by atomic mass is 10.0. The number of aryl methyl sites for hydroxylation is 1. The van der Waals surface area contributed by atoms with Crippen molar-refractivity contribution in [1.82, 2.24) is 9.55 Å². The van der Waals surface area contributed by atoms with Gasteiger partial charge in [-0.1, -0.05) is 12.1 Å². The molecule has 0 saturated carbocycles. The fourth-order valence-electron chi connectivity index (χ4n) is 3.12. The second kappa shape index (κ2) is 6.44. The minimum absolute atomic E-state index is 0.403. The minimum Gasteiger partial charge on any atom is -0.443 e. The van der Waals surface area contributed by atoms with Crippen LogP contribution < -0.4 is 5.73 Å². The van der Waals surface area contributed by atoms with Crippen molar-refractivity contribution in [3.8, 4) is 17.3 Å². The van der Waals surface area contributed by atoms with Gasteiger partial charge in [0.25, 0.3) is 0 Å². The number of fused-ring (bicyclic) bond motifs is 1. The van der Waals surface area contributed by atoms with Crippen molar-refractivity contribution in [2.24, 2.45) is 0 Å². The first-order valence-electron chi connectivity index (χ1n) is 8.65. The van der Waals surface area contributed by atoms with Gasteiger partial charge in [-0.25, -0.2) is 9.36 Å². The number of nitriles is 1. The van der Waals surface area contributed by atoms with E-state index < -0.39 is 11.7 Å². The molecule has 0 saturated heterocycles. The highest BCUT2D eigenvalue weighted by Crippen LogP contribution is 2.36. The number of rotatable bonds is 1. The van der Waals surface area contributed by atoms with Crippen molar-refractivity contribution in [3.63, 3.8) is 0 Å². The number of hydrogen-bond donors (Lipinski definition) is 1. The van der Waals surface area contributed by atoms with Crippen molar-refractivity contribution in [3.05, 3.63) is 47.3 Å². The van der Waals surface area contributed by atoms with E-state index in [1.54, 1.807) is 18.2 Å². The zero-order valence-corrected chi connectivity index (χ0v) is 16.1. The van der Waals surface area contributed by atoms with Crippen LogP contribution in [0.1, 0.15) is 37.7 Å². The normalized spacial score (nSPS) is 11.4. The summed E-state index contributed by atoms with van der Waals surface area (Å²) in [5, 5.41) is 10.4. The third-order valence-corrected chi connectivity index (χ3v) is 4.31. The summed E-state index contributed by atoms with van der Waals surface area (Å²) in [4.78, 5) is 17.5. The number of aromatic nitrogens is 2. The van der Waals surface area contributed by atoms with Crippen LogP contribution in [0.3, 0.4) is 0 Å². The van der Waals surface area contributed by atoms with Gasteiger partial charge in [0.05, 0.1) is 28.2 Å². The number of hydrogen-bond acceptors (Lipinski definition) is 5. The van der Waals surface area contributed by atoms with Gasteiger partial charge in [0.15, 0.2) is 0 Å². The van der Waals surface area contributed by atoms with E-state index in [-0.39, 0.29) is 0 Å². The number of ether oxygens (including phenoxy) is 1. The van der Waals surface area contributed by atoms with Gasteiger partial charge in [-0.3, -0.25) is 4.98 Å². The van der Waals surface area contributed by atoms with Crippen molar-refractivity contribution in [1.29, 1.82) is 5.26 Å². The predicted octanol–water partition coefficient (Wildman–Crippen LogP) is 4.56. The maximum absolute atomic E-state index is 12.9. The number of nitrogens with two attached hydrogens (primary N) is 1. The molecule has 0 aliphatic carbocycles. The van der Waals surface area contributed by atoms with Crippen LogP contribution in [-0.4, -0.2) is 21.2 Å². The Morgan fingerprint density at radius 2 is 1.93 bits per heavy atom. The number of pyridine rings is 1. The highest BCUT2D eigenvalue weighted by molar-refractivity contribution is 6.04. The Labute approximate surface area is 158 Å². The van der Waals surface area contributed by atoms with Gasteiger partial charge >= 0.3 is 6.09 Å². The SMILES string of the molecule is Cc1nc(-c2c(C)n(C(=O)OC(C)(C)C)c3c(C#N)cccc23)ccc1N. The first kappa shape index (κ1) is 18.5. The molecule has 0 atom stereocenters. The molecule has 0 amide bonds. The van der Waals surface area contributed by atoms with E-state index in [0.29, 0.717) is 33.8 Å². The number of anilines is 1. The van der Waals surface area contributed by atoms with Crippen molar-refractivity contribution < 1.29 is 9.53 Å². The molecule has 1 aromatic carbocycles. The quantitative estimate of drug-likeness (QED) is 0.685. The number of benzene rings is 1. The standard InChI is InChI=1S/C21H22N4O2/c1-12-16(23)9-10-17(24-12)18-13(2)25(20(26)27-21(3,4)5)19-14(11-22)7-6-8-15(18)19/h6-10H,23H2,1-5H3. The Balaban J connectivity index is 2.36. The lowest BCUT2D eigenvalue weighted by molar-refractivity contribution is 0.0542. The third kappa shape index (κ3) is 3.24. The summed E-state index contributed by atoms with van der Waals surface area (Å²) in [6.07, 6.45) is -0.522. The Hall–Kier alpha value is -3.33. The van der Waals surface area contributed by atoms with Gasteiger partial charge in [0, 0.05) is 16.6 Å². The predicted molar refractivity (Wildman–Crippen MR) is 105 cm³/mol. The Morgan fingerprint density at radius 1 is 1.22 bits per heavy atom. The molecule has 0 spiro atoms. The van der Waals surface area contributed by atoms with Crippen LogP contribution in [0.25, 0.3) is 22.2 Å². The molecule has 0 radical (unpaired) electrons. The monoisotopic (exact) mass is 362 g/mol. The summed E-state index contributed by atoms with van der Waals surface area (Å²) in [5.74, 6) is 0. The lowest BCUT2D eigenvalue weighted by Crippen LogP contribution is -2.27. The van der Waals surface area contributed by atoms with Gasteiger partial charge < -0.3 is 10.5 Å². The molecule has 2 heterocycles. The largest absolute Gasteiger partial charge is 0.443 e. The van der Waals surface area contributed by atoms with Crippen LogP contribution in [0.2, 0.25) is 0 Å². The highest BCUT2D eigenvalue weighted by Gasteiger charge is 2.26. The van der Waals surface area contributed by atoms with E-state index in [9.17, 15) is 10.1 Å². The van der Waals surface area contributed by atoms with Crippen LogP contribution in [0, 0.1) is 25.2 Å². The zero-order valence-electron chi connectivity index (χ0n) is 16.1. The fourth-order valence-corrected chi connectivity index (χ4v) is 3.12. The summed E-state index contributed by atoms with van der Waals surface area (Å²) < 4.78 is 7.04. The van der Waals surface area contributed by atoms with Gasteiger partial charge in [0.1, 0.15) is 11.7 Å². The van der Waals surface area contributed by atoms with Crippen LogP contribution in [0.4, 0.5) is 10.5 Å². The van der Waals surface area contributed by atoms with Gasteiger partial charge in [-0.2, -0.15) is 5.26 Å². The average Bonchev–Trinajstić information content (AvgIpc) is 2.88. The maximum atomic E-state index is 12.9. The fraction of sp³-hybridized carbons (Fsp3) is 0.286. The summed E-state index contributed by atoms with van der Waals surface area (Å²) in [6, 6.07) is 11.2. The molecule has 0 fully saturated rings. The molecule has 2 N–H and O–H groups in total. The molecule has 0 aliphatic heterocycles. The number of nitrogens with zero attached hydrogens (tertiary/aromatic N) is 3.